The van der Waals surface area contributed by atoms with Crippen LogP contribution in [0.1, 0.15) is 5.56 Å². The van der Waals surface area contributed by atoms with E-state index in [0.29, 0.717) is 22.7 Å². The second kappa shape index (κ2) is 4.53. The molecule has 2 heterocycles. The monoisotopic (exact) mass is 298 g/mol. The number of aromatic amines is 1. The fraction of sp³-hybridized carbons (Fsp3) is 0.0625. The van der Waals surface area contributed by atoms with E-state index < -0.39 is 0 Å². The van der Waals surface area contributed by atoms with Gasteiger partial charge in [0.25, 0.3) is 0 Å². The van der Waals surface area contributed by atoms with Crippen LogP contribution in [0.4, 0.5) is 0 Å². The minimum atomic E-state index is -0.377. The van der Waals surface area contributed by atoms with E-state index in [1.165, 1.54) is 0 Å². The Morgan fingerprint density at radius 3 is 2.95 bits per heavy atom. The van der Waals surface area contributed by atoms with Crippen molar-refractivity contribution in [2.45, 2.75) is 6.54 Å². The number of H-pyrrole nitrogens is 1. The van der Waals surface area contributed by atoms with Gasteiger partial charge in [0.15, 0.2) is 5.58 Å². The van der Waals surface area contributed by atoms with Crippen molar-refractivity contribution in [1.82, 2.24) is 9.55 Å². The third-order valence-electron chi connectivity index (χ3n) is 3.63. The van der Waals surface area contributed by atoms with Crippen LogP contribution in [0.3, 0.4) is 0 Å². The molecule has 0 unspecified atom stereocenters. The summed E-state index contributed by atoms with van der Waals surface area (Å²) in [7, 11) is 0. The largest absolute Gasteiger partial charge is 0.420 e. The van der Waals surface area contributed by atoms with Crippen molar-refractivity contribution in [2.24, 2.45) is 0 Å². The third-order valence-corrected chi connectivity index (χ3v) is 3.87. The molecule has 4 nitrogen and oxygen atoms in total. The van der Waals surface area contributed by atoms with Crippen LogP contribution in [-0.2, 0) is 6.54 Å². The molecule has 0 radical (unpaired) electrons. The second-order valence-electron chi connectivity index (χ2n) is 4.93. The first kappa shape index (κ1) is 12.3. The molecule has 4 rings (SSSR count). The number of para-hydroxylation sites is 1. The van der Waals surface area contributed by atoms with E-state index in [4.69, 9.17) is 16.0 Å². The second-order valence-corrected chi connectivity index (χ2v) is 5.36. The Bertz CT molecular complexity index is 1010. The molecule has 0 fully saturated rings. The number of oxazole rings is 1. The van der Waals surface area contributed by atoms with Gasteiger partial charge >= 0.3 is 5.76 Å². The highest BCUT2D eigenvalue weighted by Gasteiger charge is 2.12. The average molecular weight is 299 g/mol. The Morgan fingerprint density at radius 2 is 2.05 bits per heavy atom. The fourth-order valence-electron chi connectivity index (χ4n) is 2.62. The van der Waals surface area contributed by atoms with E-state index >= 15 is 0 Å². The zero-order valence-electron chi connectivity index (χ0n) is 11.0. The number of aromatic nitrogens is 2. The van der Waals surface area contributed by atoms with Gasteiger partial charge in [0.2, 0.25) is 0 Å². The van der Waals surface area contributed by atoms with Crippen LogP contribution in [0, 0.1) is 0 Å². The van der Waals surface area contributed by atoms with Gasteiger partial charge in [-0.3, -0.25) is 4.57 Å². The van der Waals surface area contributed by atoms with Crippen LogP contribution >= 0.6 is 11.6 Å². The summed E-state index contributed by atoms with van der Waals surface area (Å²) in [4.78, 5) is 15.3. The fourth-order valence-corrected chi connectivity index (χ4v) is 2.78. The summed E-state index contributed by atoms with van der Waals surface area (Å²) in [5.74, 6) is -0.377. The van der Waals surface area contributed by atoms with Crippen molar-refractivity contribution in [1.29, 1.82) is 0 Å². The number of hydrogen-bond donors (Lipinski definition) is 1. The van der Waals surface area contributed by atoms with Gasteiger partial charge in [0, 0.05) is 22.1 Å². The topological polar surface area (TPSA) is 50.9 Å². The zero-order valence-corrected chi connectivity index (χ0v) is 11.7. The highest BCUT2D eigenvalue weighted by molar-refractivity contribution is 6.31. The van der Waals surface area contributed by atoms with Crippen LogP contribution in [0.2, 0.25) is 5.02 Å². The van der Waals surface area contributed by atoms with Crippen molar-refractivity contribution < 1.29 is 4.42 Å². The lowest BCUT2D eigenvalue weighted by atomic mass is 10.2. The molecule has 1 N–H and O–H groups in total. The normalized spacial score (nSPS) is 11.5. The predicted molar refractivity (Wildman–Crippen MR) is 82.9 cm³/mol. The number of benzene rings is 2. The summed E-state index contributed by atoms with van der Waals surface area (Å²) < 4.78 is 6.85. The van der Waals surface area contributed by atoms with E-state index in [1.54, 1.807) is 22.8 Å². The maximum Gasteiger partial charge on any atom is 0.420 e. The van der Waals surface area contributed by atoms with Gasteiger partial charge < -0.3 is 9.40 Å². The highest BCUT2D eigenvalue weighted by atomic mass is 35.5. The lowest BCUT2D eigenvalue weighted by Gasteiger charge is -2.01. The number of hydrogen-bond acceptors (Lipinski definition) is 2. The molecule has 0 aliphatic carbocycles. The molecule has 0 aliphatic rings. The van der Waals surface area contributed by atoms with E-state index in [9.17, 15) is 4.79 Å². The van der Waals surface area contributed by atoms with Crippen molar-refractivity contribution in [3.8, 4) is 0 Å². The van der Waals surface area contributed by atoms with Gasteiger partial charge in [0.1, 0.15) is 0 Å². The summed E-state index contributed by atoms with van der Waals surface area (Å²) >= 11 is 6.01. The number of halogens is 1. The third kappa shape index (κ3) is 1.96. The molecule has 0 amide bonds. The van der Waals surface area contributed by atoms with Crippen LogP contribution < -0.4 is 5.76 Å². The molecular formula is C16H11ClN2O2. The van der Waals surface area contributed by atoms with Crippen LogP contribution in [-0.4, -0.2) is 9.55 Å². The zero-order chi connectivity index (χ0) is 14.4. The molecule has 0 saturated carbocycles. The maximum atomic E-state index is 12.1. The Morgan fingerprint density at radius 1 is 1.19 bits per heavy atom. The molecule has 0 saturated heterocycles. The molecule has 21 heavy (non-hydrogen) atoms. The van der Waals surface area contributed by atoms with E-state index in [-0.39, 0.29) is 5.76 Å². The minimum Gasteiger partial charge on any atom is -0.408 e. The minimum absolute atomic E-state index is 0.377. The molecule has 0 bridgehead atoms. The Balaban J connectivity index is 1.89. The predicted octanol–water partition coefficient (Wildman–Crippen LogP) is 3.78. The molecule has 4 aromatic rings. The molecule has 5 heteroatoms. The van der Waals surface area contributed by atoms with Gasteiger partial charge in [-0.2, -0.15) is 0 Å². The first-order valence-electron chi connectivity index (χ1n) is 6.56. The molecular weight excluding hydrogens is 288 g/mol. The maximum absolute atomic E-state index is 12.1. The first-order chi connectivity index (χ1) is 10.2. The lowest BCUT2D eigenvalue weighted by Crippen LogP contribution is -2.14. The Labute approximate surface area is 124 Å². The van der Waals surface area contributed by atoms with Gasteiger partial charge in [-0.25, -0.2) is 4.79 Å². The van der Waals surface area contributed by atoms with Gasteiger partial charge in [0.05, 0.1) is 12.1 Å². The van der Waals surface area contributed by atoms with E-state index in [1.807, 2.05) is 30.5 Å². The van der Waals surface area contributed by atoms with Crippen molar-refractivity contribution in [3.05, 3.63) is 69.8 Å². The standard InChI is InChI=1S/C16H11ClN2O2/c17-11-5-6-15-14(7-11)19(16(20)21-15)9-10-8-18-13-4-2-1-3-12(10)13/h1-8,18H,9H2. The number of nitrogens with zero attached hydrogens (tertiary/aromatic N) is 1. The van der Waals surface area contributed by atoms with Crippen LogP contribution in [0.5, 0.6) is 0 Å². The van der Waals surface area contributed by atoms with E-state index in [2.05, 4.69) is 4.98 Å². The SMILES string of the molecule is O=c1oc2ccc(Cl)cc2n1Cc1c[nH]c2ccccc12. The summed E-state index contributed by atoms with van der Waals surface area (Å²) in [5, 5.41) is 1.68. The summed E-state index contributed by atoms with van der Waals surface area (Å²) in [6, 6.07) is 13.2. The lowest BCUT2D eigenvalue weighted by molar-refractivity contribution is 0.518. The molecule has 0 atom stereocenters. The van der Waals surface area contributed by atoms with Gasteiger partial charge in [-0.05, 0) is 29.8 Å². The molecule has 2 aromatic carbocycles. The summed E-state index contributed by atoms with van der Waals surface area (Å²) in [6.07, 6.45) is 1.92. The number of fused-ring (bicyclic) bond motifs is 2. The highest BCUT2D eigenvalue weighted by Crippen LogP contribution is 2.22. The van der Waals surface area contributed by atoms with E-state index in [0.717, 1.165) is 16.5 Å². The first-order valence-corrected chi connectivity index (χ1v) is 6.94. The van der Waals surface area contributed by atoms with Crippen LogP contribution in [0.15, 0.2) is 57.9 Å². The summed E-state index contributed by atoms with van der Waals surface area (Å²) in [6.45, 7) is 0.441. The molecule has 0 spiro atoms. The number of nitrogens with one attached hydrogen (secondary N) is 1. The van der Waals surface area contributed by atoms with Gasteiger partial charge in [-0.1, -0.05) is 29.8 Å². The average Bonchev–Trinajstić information content (AvgIpc) is 3.02. The number of rotatable bonds is 2. The van der Waals surface area contributed by atoms with Crippen molar-refractivity contribution >= 4 is 33.6 Å². The van der Waals surface area contributed by atoms with Gasteiger partial charge in [-0.15, -0.1) is 0 Å². The van der Waals surface area contributed by atoms with Crippen molar-refractivity contribution in [2.75, 3.05) is 0 Å². The summed E-state index contributed by atoms with van der Waals surface area (Å²) in [5.41, 5.74) is 3.34. The Hall–Kier alpha value is -2.46. The van der Waals surface area contributed by atoms with Crippen LogP contribution in [0.25, 0.3) is 22.0 Å². The smallest absolute Gasteiger partial charge is 0.408 e. The molecule has 0 aliphatic heterocycles. The molecule has 104 valence electrons. The quantitative estimate of drug-likeness (QED) is 0.612. The molecule has 2 aromatic heterocycles. The Kier molecular flexibility index (Phi) is 2.65. The van der Waals surface area contributed by atoms with Crippen molar-refractivity contribution in [3.63, 3.8) is 0 Å².